The zero-order valence-corrected chi connectivity index (χ0v) is 20.3. The molecular formula is C26H26F2N6O2. The number of fused-ring (bicyclic) bond motifs is 1. The number of imidazole rings is 1. The lowest BCUT2D eigenvalue weighted by Gasteiger charge is -2.33. The summed E-state index contributed by atoms with van der Waals surface area (Å²) < 4.78 is 38.4. The third-order valence-corrected chi connectivity index (χ3v) is 6.26. The quantitative estimate of drug-likeness (QED) is 0.459. The van der Waals surface area contributed by atoms with Crippen LogP contribution in [0, 0.1) is 25.5 Å². The molecule has 0 saturated carbocycles. The Morgan fingerprint density at radius 1 is 1.14 bits per heavy atom. The largest absolute Gasteiger partial charge is 0.374 e. The van der Waals surface area contributed by atoms with E-state index in [-0.39, 0.29) is 22.9 Å². The number of carbonyl (C=O) groups excluding carboxylic acids is 1. The van der Waals surface area contributed by atoms with Gasteiger partial charge in [0.25, 0.3) is 5.91 Å². The lowest BCUT2D eigenvalue weighted by Crippen LogP contribution is -2.44. The molecule has 1 atom stereocenters. The van der Waals surface area contributed by atoms with E-state index in [1.807, 2.05) is 41.5 Å². The fraction of sp³-hybridized carbons (Fsp3) is 0.308. The zero-order chi connectivity index (χ0) is 25.4. The summed E-state index contributed by atoms with van der Waals surface area (Å²) in [6, 6.07) is 5.83. The molecule has 0 unspecified atom stereocenters. The van der Waals surface area contributed by atoms with Crippen LogP contribution >= 0.6 is 0 Å². The van der Waals surface area contributed by atoms with Crippen LogP contribution in [-0.4, -0.2) is 58.1 Å². The minimum atomic E-state index is -0.853. The number of rotatable bonds is 5. The molecule has 1 aromatic carbocycles. The number of nitrogens with one attached hydrogen (secondary N) is 1. The highest BCUT2D eigenvalue weighted by molar-refractivity contribution is 5.94. The minimum absolute atomic E-state index is 0.0956. The van der Waals surface area contributed by atoms with Gasteiger partial charge >= 0.3 is 0 Å². The fourth-order valence-corrected chi connectivity index (χ4v) is 4.46. The minimum Gasteiger partial charge on any atom is -0.374 e. The van der Waals surface area contributed by atoms with Crippen LogP contribution < -0.4 is 10.2 Å². The molecule has 1 amide bonds. The molecule has 36 heavy (non-hydrogen) atoms. The van der Waals surface area contributed by atoms with Crippen molar-refractivity contribution in [2.24, 2.45) is 0 Å². The van der Waals surface area contributed by atoms with E-state index in [0.29, 0.717) is 43.4 Å². The summed E-state index contributed by atoms with van der Waals surface area (Å²) in [7, 11) is 1.41. The summed E-state index contributed by atoms with van der Waals surface area (Å²) >= 11 is 0. The summed E-state index contributed by atoms with van der Waals surface area (Å²) in [6.07, 6.45) is 5.46. The van der Waals surface area contributed by atoms with Crippen molar-refractivity contribution in [1.29, 1.82) is 0 Å². The van der Waals surface area contributed by atoms with Crippen LogP contribution in [0.5, 0.6) is 0 Å². The predicted molar refractivity (Wildman–Crippen MR) is 131 cm³/mol. The number of pyridine rings is 1. The molecule has 10 heteroatoms. The number of nitrogens with zero attached hydrogens (tertiary/aromatic N) is 5. The van der Waals surface area contributed by atoms with Crippen LogP contribution in [0.3, 0.4) is 0 Å². The standard InChI is InChI=1S/C26H26F2N6O2/c1-15-4-5-34-21(11-18-14-33(6-7-36-18)26-30-12-16(2)13-31-26)24(32-22(34)8-15)23-19(27)9-17(10-20(23)28)25(35)29-3/h4-5,8-10,12-13,18H,6-7,11,14H2,1-3H3,(H,29,35)/t18-/m0/s1. The molecule has 186 valence electrons. The van der Waals surface area contributed by atoms with Crippen molar-refractivity contribution in [1.82, 2.24) is 24.7 Å². The molecule has 0 bridgehead atoms. The average Bonchev–Trinajstić information content (AvgIpc) is 3.20. The Morgan fingerprint density at radius 3 is 2.56 bits per heavy atom. The molecule has 1 fully saturated rings. The second-order valence-corrected chi connectivity index (χ2v) is 8.94. The first-order valence-corrected chi connectivity index (χ1v) is 11.7. The number of ether oxygens (including phenoxy) is 1. The Balaban J connectivity index is 1.54. The number of aryl methyl sites for hydroxylation is 2. The van der Waals surface area contributed by atoms with Gasteiger partial charge in [0.05, 0.1) is 29.7 Å². The molecule has 0 aliphatic carbocycles. The van der Waals surface area contributed by atoms with Gasteiger partial charge in [0, 0.05) is 50.7 Å². The van der Waals surface area contributed by atoms with Crippen molar-refractivity contribution in [3.63, 3.8) is 0 Å². The number of morpholine rings is 1. The number of amides is 1. The monoisotopic (exact) mass is 492 g/mol. The van der Waals surface area contributed by atoms with Crippen molar-refractivity contribution in [2.45, 2.75) is 26.4 Å². The van der Waals surface area contributed by atoms with Crippen LogP contribution in [0.25, 0.3) is 16.9 Å². The molecule has 4 heterocycles. The number of hydrogen-bond donors (Lipinski definition) is 1. The zero-order valence-electron chi connectivity index (χ0n) is 20.3. The highest BCUT2D eigenvalue weighted by Gasteiger charge is 2.28. The molecule has 0 spiro atoms. The molecule has 1 aliphatic heterocycles. The van der Waals surface area contributed by atoms with Gasteiger partial charge < -0.3 is 19.4 Å². The summed E-state index contributed by atoms with van der Waals surface area (Å²) in [6.45, 7) is 5.48. The fourth-order valence-electron chi connectivity index (χ4n) is 4.46. The number of hydrogen-bond acceptors (Lipinski definition) is 6. The number of carbonyl (C=O) groups is 1. The molecule has 3 aromatic heterocycles. The van der Waals surface area contributed by atoms with Crippen LogP contribution in [0.15, 0.2) is 42.9 Å². The van der Waals surface area contributed by atoms with Crippen molar-refractivity contribution >= 4 is 17.5 Å². The van der Waals surface area contributed by atoms with Gasteiger partial charge in [-0.25, -0.2) is 23.7 Å². The van der Waals surface area contributed by atoms with E-state index in [1.54, 1.807) is 12.4 Å². The second-order valence-electron chi connectivity index (χ2n) is 8.94. The maximum Gasteiger partial charge on any atom is 0.251 e. The SMILES string of the molecule is CNC(=O)c1cc(F)c(-c2nc3cc(C)ccn3c2C[C@H]2CN(c3ncc(C)cn3)CCO2)c(F)c1. The van der Waals surface area contributed by atoms with E-state index in [9.17, 15) is 4.79 Å². The van der Waals surface area contributed by atoms with E-state index in [1.165, 1.54) is 7.05 Å². The first-order valence-electron chi connectivity index (χ1n) is 11.7. The molecule has 0 radical (unpaired) electrons. The van der Waals surface area contributed by atoms with Crippen LogP contribution in [0.1, 0.15) is 27.2 Å². The van der Waals surface area contributed by atoms with Crippen molar-refractivity contribution < 1.29 is 18.3 Å². The Kier molecular flexibility index (Phi) is 6.36. The Hall–Kier alpha value is -3.92. The van der Waals surface area contributed by atoms with E-state index >= 15 is 8.78 Å². The average molecular weight is 493 g/mol. The number of halogens is 2. The molecule has 1 aliphatic rings. The number of anilines is 1. The third kappa shape index (κ3) is 4.51. The van der Waals surface area contributed by atoms with E-state index in [2.05, 4.69) is 20.3 Å². The van der Waals surface area contributed by atoms with E-state index in [0.717, 1.165) is 23.3 Å². The lowest BCUT2D eigenvalue weighted by atomic mass is 10.0. The molecule has 1 N–H and O–H groups in total. The summed E-state index contributed by atoms with van der Waals surface area (Å²) in [5, 5.41) is 2.39. The van der Waals surface area contributed by atoms with Gasteiger partial charge in [-0.15, -0.1) is 0 Å². The van der Waals surface area contributed by atoms with Crippen LogP contribution in [0.4, 0.5) is 14.7 Å². The van der Waals surface area contributed by atoms with Crippen LogP contribution in [0.2, 0.25) is 0 Å². The van der Waals surface area contributed by atoms with Gasteiger partial charge in [-0.3, -0.25) is 4.79 Å². The Labute approximate surface area is 207 Å². The van der Waals surface area contributed by atoms with Gasteiger partial charge in [0.1, 0.15) is 17.3 Å². The van der Waals surface area contributed by atoms with Crippen molar-refractivity contribution in [3.05, 3.63) is 76.9 Å². The smallest absolute Gasteiger partial charge is 0.251 e. The van der Waals surface area contributed by atoms with E-state index in [4.69, 9.17) is 4.74 Å². The first-order chi connectivity index (χ1) is 17.3. The second kappa shape index (κ2) is 9.62. The van der Waals surface area contributed by atoms with Gasteiger partial charge in [-0.05, 0) is 49.2 Å². The molecule has 8 nitrogen and oxygen atoms in total. The number of benzene rings is 1. The van der Waals surface area contributed by atoms with Crippen molar-refractivity contribution in [2.75, 3.05) is 31.6 Å². The van der Waals surface area contributed by atoms with Crippen LogP contribution in [-0.2, 0) is 11.2 Å². The molecule has 5 rings (SSSR count). The summed E-state index contributed by atoms with van der Waals surface area (Å²) in [5.41, 5.74) is 2.95. The van der Waals surface area contributed by atoms with Gasteiger partial charge in [-0.1, -0.05) is 0 Å². The molecular weight excluding hydrogens is 466 g/mol. The Morgan fingerprint density at radius 2 is 1.86 bits per heavy atom. The Bertz CT molecular complexity index is 1410. The van der Waals surface area contributed by atoms with Gasteiger partial charge in [0.2, 0.25) is 5.95 Å². The van der Waals surface area contributed by atoms with Gasteiger partial charge in [0.15, 0.2) is 0 Å². The first kappa shape index (κ1) is 23.8. The highest BCUT2D eigenvalue weighted by atomic mass is 19.1. The summed E-state index contributed by atoms with van der Waals surface area (Å²) in [4.78, 5) is 27.4. The molecule has 1 saturated heterocycles. The predicted octanol–water partition coefficient (Wildman–Crippen LogP) is 3.49. The molecule has 4 aromatic rings. The maximum absolute atomic E-state index is 15.3. The summed E-state index contributed by atoms with van der Waals surface area (Å²) in [5.74, 6) is -1.66. The lowest BCUT2D eigenvalue weighted by molar-refractivity contribution is 0.0399. The highest BCUT2D eigenvalue weighted by Crippen LogP contribution is 2.32. The van der Waals surface area contributed by atoms with Gasteiger partial charge in [-0.2, -0.15) is 0 Å². The topological polar surface area (TPSA) is 84.7 Å². The number of aromatic nitrogens is 4. The van der Waals surface area contributed by atoms with Crippen molar-refractivity contribution in [3.8, 4) is 11.3 Å². The normalized spacial score (nSPS) is 15.9. The maximum atomic E-state index is 15.3. The third-order valence-electron chi connectivity index (χ3n) is 6.26. The van der Waals surface area contributed by atoms with E-state index < -0.39 is 17.5 Å².